The number of aliphatic hydroxyl groups excluding tert-OH is 1. The van der Waals surface area contributed by atoms with Crippen molar-refractivity contribution in [3.8, 4) is 23.0 Å². The van der Waals surface area contributed by atoms with Crippen molar-refractivity contribution < 1.29 is 67.3 Å². The van der Waals surface area contributed by atoms with Crippen LogP contribution in [0.3, 0.4) is 0 Å². The van der Waals surface area contributed by atoms with Gasteiger partial charge in [0.2, 0.25) is 0 Å². The average Bonchev–Trinajstić information content (AvgIpc) is 3.74. The number of aryl methyl sites for hydroxylation is 1. The largest absolute Gasteiger partial charge is 0.504 e. The molecule has 2 aromatic rings. The molecule has 0 saturated carbocycles. The number of nitrogens with one attached hydrogen (secondary N) is 2. The molecule has 1 spiro atoms. The number of ether oxygens (including phenoxy) is 8. The number of esters is 3. The number of aliphatic hydroxyl groups is 1. The van der Waals surface area contributed by atoms with Crippen molar-refractivity contribution in [2.45, 2.75) is 126 Å². The van der Waals surface area contributed by atoms with Gasteiger partial charge in [0.15, 0.2) is 35.3 Å². The van der Waals surface area contributed by atoms with Crippen molar-refractivity contribution in [1.29, 1.82) is 0 Å². The number of thioether (sulfide) groups is 1. The SMILES string of the molecule is COc1cc2c(cc1OC(=O)[C@H](C)NC(=O)OC(C)(C)C)CCN[C@]21CS[C@@H]2C3C(OC(C)=O)C(C)=C4OCOC4C3[C@H](COC1=O)N1C2[C@H]2c3c(cc(C)c(OC)c3O)C[C@@H]([C@@H]1O)N2C. The number of rotatable bonds is 6. The third-order valence-corrected chi connectivity index (χ3v) is 16.1. The fourth-order valence-corrected chi connectivity index (χ4v) is 13.7. The molecule has 5 unspecified atom stereocenters. The van der Waals surface area contributed by atoms with Crippen LogP contribution < -0.4 is 24.8 Å². The Kier molecular flexibility index (Phi) is 12.0. The maximum atomic E-state index is 15.1. The van der Waals surface area contributed by atoms with Crippen molar-refractivity contribution in [1.82, 2.24) is 20.4 Å². The number of carbonyl (C=O) groups excluding carboxylic acids is 4. The Hall–Kier alpha value is -4.79. The molecule has 1 aliphatic carbocycles. The van der Waals surface area contributed by atoms with E-state index >= 15 is 4.79 Å². The van der Waals surface area contributed by atoms with E-state index in [4.69, 9.17) is 37.9 Å². The number of carbonyl (C=O) groups is 4. The fourth-order valence-electron chi connectivity index (χ4n) is 11.8. The van der Waals surface area contributed by atoms with E-state index in [1.165, 1.54) is 39.8 Å². The molecule has 7 aliphatic heterocycles. The Balaban J connectivity index is 1.16. The number of methoxy groups -OCH3 is 2. The predicted molar refractivity (Wildman–Crippen MR) is 237 cm³/mol. The normalized spacial score (nSPS) is 32.9. The molecular formula is C47H60N4O14S. The molecule has 4 N–H and O–H groups in total. The third kappa shape index (κ3) is 7.44. The highest BCUT2D eigenvalue weighted by Gasteiger charge is 2.67. The van der Waals surface area contributed by atoms with Gasteiger partial charge in [-0.25, -0.2) is 14.4 Å². The lowest BCUT2D eigenvalue weighted by atomic mass is 9.62. The number of aromatic hydroxyl groups is 1. The first-order chi connectivity index (χ1) is 31.3. The number of hydrogen-bond acceptors (Lipinski definition) is 18. The monoisotopic (exact) mass is 936 g/mol. The Morgan fingerprint density at radius 1 is 1.05 bits per heavy atom. The van der Waals surface area contributed by atoms with Gasteiger partial charge in [-0.05, 0) is 95.8 Å². The maximum Gasteiger partial charge on any atom is 0.408 e. The highest BCUT2D eigenvalue weighted by molar-refractivity contribution is 8.00. The number of piperazine rings is 1. The second kappa shape index (κ2) is 17.1. The summed E-state index contributed by atoms with van der Waals surface area (Å²) in [6.45, 7) is 12.0. The fraction of sp³-hybridized carbons (Fsp3) is 0.617. The number of nitrogens with zero attached hydrogens (tertiary/aromatic N) is 2. The summed E-state index contributed by atoms with van der Waals surface area (Å²) in [6, 6.07) is 2.21. The first kappa shape index (κ1) is 46.3. The van der Waals surface area contributed by atoms with Crippen LogP contribution in [0.15, 0.2) is 29.5 Å². The molecule has 5 saturated heterocycles. The molecule has 0 aromatic heterocycles. The van der Waals surface area contributed by atoms with E-state index in [9.17, 15) is 24.6 Å². The third-order valence-electron chi connectivity index (χ3n) is 14.5. The molecular weight excluding hydrogens is 877 g/mol. The predicted octanol–water partition coefficient (Wildman–Crippen LogP) is 3.34. The zero-order valence-electron chi connectivity index (χ0n) is 38.9. The van der Waals surface area contributed by atoms with E-state index in [2.05, 4.69) is 20.4 Å². The topological polar surface area (TPSA) is 213 Å². The van der Waals surface area contributed by atoms with Crippen molar-refractivity contribution in [3.05, 3.63) is 57.3 Å². The second-order valence-corrected chi connectivity index (χ2v) is 20.6. The highest BCUT2D eigenvalue weighted by Crippen LogP contribution is 2.60. The van der Waals surface area contributed by atoms with Crippen molar-refractivity contribution >= 4 is 35.8 Å². The van der Waals surface area contributed by atoms with E-state index < -0.39 is 101 Å². The number of fused-ring (bicyclic) bond motifs is 9. The van der Waals surface area contributed by atoms with Crippen LogP contribution >= 0.6 is 11.8 Å². The van der Waals surface area contributed by atoms with Gasteiger partial charge in [-0.1, -0.05) is 6.07 Å². The van der Waals surface area contributed by atoms with Gasteiger partial charge < -0.3 is 53.4 Å². The molecule has 7 heterocycles. The minimum absolute atomic E-state index is 0.0137. The quantitative estimate of drug-likeness (QED) is 0.186. The maximum absolute atomic E-state index is 15.1. The summed E-state index contributed by atoms with van der Waals surface area (Å²) in [6.07, 6.45) is -2.27. The molecule has 4 bridgehead atoms. The lowest BCUT2D eigenvalue weighted by Crippen LogP contribution is -2.78. The standard InChI is InChI=1S/C47H60N4O14S/c1-20-13-25-14-27-42(54)51-28-17-60-44(56)47(26-16-29(58-9)30(15-24(26)11-12-48-47)64-43(55)22(3)49-45(57)65-46(5,6)7)18-66-41(35(51)34(50(27)8)31(25)36(53)37(20)59-10)33-32(28)40-39(61-19-62-40)21(2)38(33)63-23(4)52/h13,15-16,22,27-28,32-35,38,40-42,48,53-54H,11-12,14,17-19H2,1-10H3,(H,49,57)/t22-,27-,28-,32?,33?,34+,35?,38?,40?,41+,42-,47+/m0/s1. The van der Waals surface area contributed by atoms with Crippen molar-refractivity contribution in [2.75, 3.05) is 47.0 Å². The van der Waals surface area contributed by atoms with Crippen LogP contribution in [0.2, 0.25) is 0 Å². The Morgan fingerprint density at radius 2 is 1.80 bits per heavy atom. The summed E-state index contributed by atoms with van der Waals surface area (Å²) in [7, 11) is 4.93. The summed E-state index contributed by atoms with van der Waals surface area (Å²) in [4.78, 5) is 58.3. The van der Waals surface area contributed by atoms with Gasteiger partial charge in [-0.15, -0.1) is 0 Å². The van der Waals surface area contributed by atoms with Gasteiger partial charge in [0.25, 0.3) is 0 Å². The molecule has 8 aliphatic rings. The highest BCUT2D eigenvalue weighted by atomic mass is 32.2. The summed E-state index contributed by atoms with van der Waals surface area (Å²) >= 11 is 1.51. The van der Waals surface area contributed by atoms with Gasteiger partial charge in [0.1, 0.15) is 42.4 Å². The number of phenolic OH excluding ortho intramolecular Hbond substituents is 1. The number of likely N-dealkylation sites (N-methyl/N-ethyl adjacent to an activating group) is 1. The average molecular weight is 937 g/mol. The van der Waals surface area contributed by atoms with Crippen molar-refractivity contribution in [2.24, 2.45) is 11.8 Å². The number of amides is 1. The number of benzene rings is 2. The smallest absolute Gasteiger partial charge is 0.408 e. The summed E-state index contributed by atoms with van der Waals surface area (Å²) in [5.41, 5.74) is 2.15. The van der Waals surface area contributed by atoms with Crippen LogP contribution in [0, 0.1) is 18.8 Å². The minimum atomic E-state index is -1.46. The van der Waals surface area contributed by atoms with Crippen LogP contribution in [0.4, 0.5) is 4.79 Å². The van der Waals surface area contributed by atoms with E-state index in [1.807, 2.05) is 27.0 Å². The van der Waals surface area contributed by atoms with E-state index in [0.29, 0.717) is 47.6 Å². The number of piperidine rings is 1. The first-order valence-corrected chi connectivity index (χ1v) is 23.5. The van der Waals surface area contributed by atoms with E-state index in [1.54, 1.807) is 32.9 Å². The number of alkyl carbamates (subject to hydrolysis) is 1. The molecule has 66 heavy (non-hydrogen) atoms. The molecule has 12 atom stereocenters. The zero-order chi connectivity index (χ0) is 47.3. The second-order valence-electron chi connectivity index (χ2n) is 19.4. The minimum Gasteiger partial charge on any atom is -0.504 e. The molecule has 18 nitrogen and oxygen atoms in total. The summed E-state index contributed by atoms with van der Waals surface area (Å²) < 4.78 is 48.1. The van der Waals surface area contributed by atoms with Gasteiger partial charge >= 0.3 is 24.0 Å². The van der Waals surface area contributed by atoms with Gasteiger partial charge in [-0.2, -0.15) is 11.8 Å². The van der Waals surface area contributed by atoms with Crippen LogP contribution in [-0.4, -0.2) is 144 Å². The zero-order valence-corrected chi connectivity index (χ0v) is 39.7. The van der Waals surface area contributed by atoms with Gasteiger partial charge in [-0.3, -0.25) is 19.9 Å². The van der Waals surface area contributed by atoms with E-state index in [0.717, 1.165) is 16.7 Å². The number of phenols is 1. The molecule has 19 heteroatoms. The molecule has 10 rings (SSSR count). The summed E-state index contributed by atoms with van der Waals surface area (Å²) in [5, 5.41) is 30.4. The molecule has 358 valence electrons. The molecule has 0 radical (unpaired) electrons. The molecule has 1 amide bonds. The summed E-state index contributed by atoms with van der Waals surface area (Å²) in [5.74, 6) is -1.34. The van der Waals surface area contributed by atoms with Crippen LogP contribution in [0.25, 0.3) is 0 Å². The van der Waals surface area contributed by atoms with Crippen molar-refractivity contribution in [3.63, 3.8) is 0 Å². The Morgan fingerprint density at radius 3 is 2.50 bits per heavy atom. The van der Waals surface area contributed by atoms with E-state index in [-0.39, 0.29) is 36.4 Å². The Labute approximate surface area is 387 Å². The van der Waals surface area contributed by atoms with Crippen LogP contribution in [0.5, 0.6) is 23.0 Å². The van der Waals surface area contributed by atoms with Crippen LogP contribution in [-0.2, 0) is 56.4 Å². The molecule has 2 aromatic carbocycles. The lowest BCUT2D eigenvalue weighted by molar-refractivity contribution is -0.224. The first-order valence-electron chi connectivity index (χ1n) is 22.5. The number of hydrogen-bond donors (Lipinski definition) is 4. The molecule has 5 fully saturated rings. The lowest BCUT2D eigenvalue weighted by Gasteiger charge is -2.66. The Bertz CT molecular complexity index is 2370. The van der Waals surface area contributed by atoms with Gasteiger partial charge in [0.05, 0.1) is 32.3 Å². The van der Waals surface area contributed by atoms with Crippen LogP contribution in [0.1, 0.15) is 75.4 Å². The van der Waals surface area contributed by atoms with Gasteiger partial charge in [0, 0.05) is 53.5 Å².